The van der Waals surface area contributed by atoms with Crippen molar-refractivity contribution in [2.45, 2.75) is 37.9 Å². The molecule has 0 N–H and O–H groups in total. The number of hydrogen-bond donors (Lipinski definition) is 0. The SMILES string of the molecule is FC(F)(F)c1ccc(N2CCCN3CCCCC3C2)cc1. The Morgan fingerprint density at radius 2 is 1.62 bits per heavy atom. The van der Waals surface area contributed by atoms with Crippen molar-refractivity contribution >= 4 is 5.69 Å². The van der Waals surface area contributed by atoms with Crippen molar-refractivity contribution < 1.29 is 13.2 Å². The fourth-order valence-electron chi connectivity index (χ4n) is 3.47. The number of rotatable bonds is 1. The monoisotopic (exact) mass is 298 g/mol. The molecular formula is C16H21F3N2. The molecule has 5 heteroatoms. The van der Waals surface area contributed by atoms with E-state index in [0.29, 0.717) is 6.04 Å². The maximum atomic E-state index is 12.6. The van der Waals surface area contributed by atoms with Crippen LogP contribution in [-0.4, -0.2) is 37.1 Å². The van der Waals surface area contributed by atoms with E-state index in [9.17, 15) is 13.2 Å². The van der Waals surface area contributed by atoms with Gasteiger partial charge in [0.15, 0.2) is 0 Å². The molecule has 0 radical (unpaired) electrons. The number of hydrogen-bond acceptors (Lipinski definition) is 2. The van der Waals surface area contributed by atoms with Crippen LogP contribution in [-0.2, 0) is 6.18 Å². The van der Waals surface area contributed by atoms with E-state index in [2.05, 4.69) is 9.80 Å². The minimum atomic E-state index is -4.25. The van der Waals surface area contributed by atoms with Crippen molar-refractivity contribution in [3.63, 3.8) is 0 Å². The van der Waals surface area contributed by atoms with Crippen molar-refractivity contribution in [1.82, 2.24) is 4.90 Å². The van der Waals surface area contributed by atoms with Gasteiger partial charge < -0.3 is 4.90 Å². The summed E-state index contributed by atoms with van der Waals surface area (Å²) in [4.78, 5) is 4.80. The average molecular weight is 298 g/mol. The van der Waals surface area contributed by atoms with Gasteiger partial charge in [0.05, 0.1) is 5.56 Å². The van der Waals surface area contributed by atoms with E-state index in [1.165, 1.54) is 37.9 Å². The van der Waals surface area contributed by atoms with Crippen LogP contribution in [0.5, 0.6) is 0 Å². The van der Waals surface area contributed by atoms with Gasteiger partial charge in [0, 0.05) is 31.4 Å². The van der Waals surface area contributed by atoms with Gasteiger partial charge in [-0.2, -0.15) is 13.2 Å². The summed E-state index contributed by atoms with van der Waals surface area (Å²) >= 11 is 0. The molecule has 0 saturated carbocycles. The Bertz CT molecular complexity index is 469. The smallest absolute Gasteiger partial charge is 0.370 e. The van der Waals surface area contributed by atoms with Gasteiger partial charge in [0.25, 0.3) is 0 Å². The summed E-state index contributed by atoms with van der Waals surface area (Å²) in [6.45, 7) is 4.15. The first-order chi connectivity index (χ1) is 10.0. The van der Waals surface area contributed by atoms with E-state index in [0.717, 1.165) is 31.7 Å². The summed E-state index contributed by atoms with van der Waals surface area (Å²) < 4.78 is 37.9. The Hall–Kier alpha value is -1.23. The molecule has 1 unspecified atom stereocenters. The number of fused-ring (bicyclic) bond motifs is 1. The maximum absolute atomic E-state index is 12.6. The quantitative estimate of drug-likeness (QED) is 0.778. The van der Waals surface area contributed by atoms with Crippen LogP contribution in [0.25, 0.3) is 0 Å². The second-order valence-electron chi connectivity index (χ2n) is 6.03. The highest BCUT2D eigenvalue weighted by Gasteiger charge is 2.31. The van der Waals surface area contributed by atoms with Crippen LogP contribution in [0.3, 0.4) is 0 Å². The summed E-state index contributed by atoms with van der Waals surface area (Å²) in [6, 6.07) is 6.17. The second kappa shape index (κ2) is 5.87. The number of halogens is 3. The minimum absolute atomic E-state index is 0.559. The normalized spacial score (nSPS) is 24.5. The molecular weight excluding hydrogens is 277 g/mol. The Morgan fingerprint density at radius 1 is 0.905 bits per heavy atom. The summed E-state index contributed by atoms with van der Waals surface area (Å²) in [7, 11) is 0. The zero-order valence-electron chi connectivity index (χ0n) is 12.1. The van der Waals surface area contributed by atoms with Gasteiger partial charge in [-0.15, -0.1) is 0 Å². The van der Waals surface area contributed by atoms with Crippen LogP contribution >= 0.6 is 0 Å². The highest BCUT2D eigenvalue weighted by molar-refractivity contribution is 5.48. The topological polar surface area (TPSA) is 6.48 Å². The molecule has 2 nitrogen and oxygen atoms in total. The second-order valence-corrected chi connectivity index (χ2v) is 6.03. The summed E-state index contributed by atoms with van der Waals surface area (Å²) in [6.07, 6.45) is 0.574. The number of alkyl halides is 3. The molecule has 0 bridgehead atoms. The molecule has 0 spiro atoms. The number of piperidine rings is 1. The number of nitrogens with zero attached hydrogens (tertiary/aromatic N) is 2. The molecule has 1 atom stereocenters. The lowest BCUT2D eigenvalue weighted by Crippen LogP contribution is -2.44. The molecule has 2 fully saturated rings. The third-order valence-corrected chi connectivity index (χ3v) is 4.61. The molecule has 2 heterocycles. The van der Waals surface area contributed by atoms with Gasteiger partial charge in [0.2, 0.25) is 0 Å². The van der Waals surface area contributed by atoms with Crippen LogP contribution in [0.4, 0.5) is 18.9 Å². The van der Waals surface area contributed by atoms with Crippen molar-refractivity contribution in [3.8, 4) is 0 Å². The zero-order chi connectivity index (χ0) is 14.9. The van der Waals surface area contributed by atoms with Crippen LogP contribution in [0.1, 0.15) is 31.2 Å². The predicted octanol–water partition coefficient (Wildman–Crippen LogP) is 3.77. The Balaban J connectivity index is 1.73. The predicted molar refractivity (Wildman–Crippen MR) is 77.5 cm³/mol. The molecule has 21 heavy (non-hydrogen) atoms. The number of anilines is 1. The Kier molecular flexibility index (Phi) is 4.11. The first kappa shape index (κ1) is 14.7. The molecule has 116 valence electrons. The summed E-state index contributed by atoms with van der Waals surface area (Å²) in [5.41, 5.74) is 0.343. The van der Waals surface area contributed by atoms with Gasteiger partial charge in [0.1, 0.15) is 0 Å². The molecule has 0 aliphatic carbocycles. The average Bonchev–Trinajstić information content (AvgIpc) is 2.68. The minimum Gasteiger partial charge on any atom is -0.370 e. The molecule has 0 aromatic heterocycles. The van der Waals surface area contributed by atoms with E-state index < -0.39 is 11.7 Å². The summed E-state index contributed by atoms with van der Waals surface area (Å²) in [5, 5.41) is 0. The lowest BCUT2D eigenvalue weighted by molar-refractivity contribution is -0.137. The van der Waals surface area contributed by atoms with Gasteiger partial charge in [-0.05, 0) is 50.1 Å². The van der Waals surface area contributed by atoms with E-state index in [-0.39, 0.29) is 0 Å². The highest BCUT2D eigenvalue weighted by atomic mass is 19.4. The third kappa shape index (κ3) is 3.34. The van der Waals surface area contributed by atoms with Crippen LogP contribution in [0.15, 0.2) is 24.3 Å². The molecule has 1 aromatic carbocycles. The largest absolute Gasteiger partial charge is 0.416 e. The zero-order valence-corrected chi connectivity index (χ0v) is 12.1. The van der Waals surface area contributed by atoms with Gasteiger partial charge in [-0.1, -0.05) is 6.42 Å². The van der Waals surface area contributed by atoms with E-state index in [1.54, 1.807) is 12.1 Å². The standard InChI is InChI=1S/C16H21F3N2/c17-16(18,19)13-5-7-14(8-6-13)21-11-3-10-20-9-2-1-4-15(20)12-21/h5-8,15H,1-4,9-12H2. The molecule has 2 saturated heterocycles. The first-order valence-electron chi connectivity index (χ1n) is 7.70. The van der Waals surface area contributed by atoms with Crippen molar-refractivity contribution in [2.75, 3.05) is 31.1 Å². The molecule has 1 aromatic rings. The maximum Gasteiger partial charge on any atom is 0.416 e. The number of benzene rings is 1. The highest BCUT2D eigenvalue weighted by Crippen LogP contribution is 2.31. The molecule has 0 amide bonds. The lowest BCUT2D eigenvalue weighted by Gasteiger charge is -2.35. The van der Waals surface area contributed by atoms with Gasteiger partial charge in [-0.3, -0.25) is 4.90 Å². The van der Waals surface area contributed by atoms with Crippen molar-refractivity contribution in [3.05, 3.63) is 29.8 Å². The fourth-order valence-corrected chi connectivity index (χ4v) is 3.47. The molecule has 3 rings (SSSR count). The lowest BCUT2D eigenvalue weighted by atomic mass is 10.0. The van der Waals surface area contributed by atoms with Crippen molar-refractivity contribution in [2.24, 2.45) is 0 Å². The van der Waals surface area contributed by atoms with E-state index in [1.807, 2.05) is 0 Å². The van der Waals surface area contributed by atoms with Crippen LogP contribution in [0, 0.1) is 0 Å². The Labute approximate surface area is 123 Å². The van der Waals surface area contributed by atoms with Crippen LogP contribution < -0.4 is 4.90 Å². The van der Waals surface area contributed by atoms with Crippen molar-refractivity contribution in [1.29, 1.82) is 0 Å². The van der Waals surface area contributed by atoms with Crippen LogP contribution in [0.2, 0.25) is 0 Å². The fraction of sp³-hybridized carbons (Fsp3) is 0.625. The van der Waals surface area contributed by atoms with E-state index >= 15 is 0 Å². The Morgan fingerprint density at radius 3 is 2.33 bits per heavy atom. The summed E-state index contributed by atoms with van der Waals surface area (Å²) in [5.74, 6) is 0. The third-order valence-electron chi connectivity index (χ3n) is 4.61. The van der Waals surface area contributed by atoms with Gasteiger partial charge >= 0.3 is 6.18 Å². The first-order valence-corrected chi connectivity index (χ1v) is 7.70. The molecule has 2 aliphatic heterocycles. The van der Waals surface area contributed by atoms with Gasteiger partial charge in [-0.25, -0.2) is 0 Å². The van der Waals surface area contributed by atoms with E-state index in [4.69, 9.17) is 0 Å². The molecule has 2 aliphatic rings.